The third-order valence-electron chi connectivity index (χ3n) is 5.70. The molecule has 0 spiro atoms. The van der Waals surface area contributed by atoms with Crippen molar-refractivity contribution in [3.8, 4) is 11.5 Å². The van der Waals surface area contributed by atoms with E-state index in [-0.39, 0.29) is 11.6 Å². The van der Waals surface area contributed by atoms with E-state index in [0.717, 1.165) is 25.2 Å². The number of methoxy groups -OCH3 is 2. The Morgan fingerprint density at radius 2 is 1.81 bits per heavy atom. The fourth-order valence-electron chi connectivity index (χ4n) is 4.16. The van der Waals surface area contributed by atoms with Gasteiger partial charge in [-0.3, -0.25) is 4.90 Å². The molecule has 0 radical (unpaired) electrons. The van der Waals surface area contributed by atoms with Gasteiger partial charge in [0.1, 0.15) is 0 Å². The van der Waals surface area contributed by atoms with Crippen molar-refractivity contribution in [3.05, 3.63) is 23.8 Å². The predicted molar refractivity (Wildman–Crippen MR) is 110 cm³/mol. The standard InChI is InChI=1S/C20H31N3O3S/c1-25-17-6-5-16(13-18(17)26-2)14-21-19(24)22-15-20(7-3-4-8-20)23-9-11-27-12-10-23/h5-6,13H,3-4,7-12,14-15H2,1-2H3,(H2,21,22,24). The Kier molecular flexibility index (Phi) is 7.13. The topological polar surface area (TPSA) is 62.8 Å². The number of thioether (sulfide) groups is 1. The Morgan fingerprint density at radius 1 is 1.11 bits per heavy atom. The average Bonchev–Trinajstić information content (AvgIpc) is 3.21. The van der Waals surface area contributed by atoms with Crippen molar-refractivity contribution < 1.29 is 14.3 Å². The fraction of sp³-hybridized carbons (Fsp3) is 0.650. The molecule has 27 heavy (non-hydrogen) atoms. The van der Waals surface area contributed by atoms with Crippen molar-refractivity contribution in [2.75, 3.05) is 45.4 Å². The van der Waals surface area contributed by atoms with E-state index < -0.39 is 0 Å². The van der Waals surface area contributed by atoms with E-state index in [2.05, 4.69) is 15.5 Å². The highest BCUT2D eigenvalue weighted by molar-refractivity contribution is 7.99. The molecule has 2 aliphatic rings. The van der Waals surface area contributed by atoms with Gasteiger partial charge in [0.2, 0.25) is 0 Å². The second-order valence-electron chi connectivity index (χ2n) is 7.26. The number of hydrogen-bond acceptors (Lipinski definition) is 5. The Balaban J connectivity index is 1.51. The molecule has 1 aromatic carbocycles. The third-order valence-corrected chi connectivity index (χ3v) is 6.64. The molecule has 1 aromatic rings. The van der Waals surface area contributed by atoms with E-state index in [1.54, 1.807) is 14.2 Å². The van der Waals surface area contributed by atoms with E-state index >= 15 is 0 Å². The molecular weight excluding hydrogens is 362 g/mol. The van der Waals surface area contributed by atoms with Gasteiger partial charge in [-0.2, -0.15) is 11.8 Å². The summed E-state index contributed by atoms with van der Waals surface area (Å²) in [7, 11) is 3.23. The van der Waals surface area contributed by atoms with Crippen molar-refractivity contribution in [2.24, 2.45) is 0 Å². The summed E-state index contributed by atoms with van der Waals surface area (Å²) in [5, 5.41) is 6.09. The summed E-state index contributed by atoms with van der Waals surface area (Å²) in [6.45, 7) is 3.47. The Bertz CT molecular complexity index is 629. The minimum atomic E-state index is -0.109. The number of ether oxygens (including phenoxy) is 2. The van der Waals surface area contributed by atoms with E-state index in [9.17, 15) is 4.79 Å². The van der Waals surface area contributed by atoms with Gasteiger partial charge in [-0.15, -0.1) is 0 Å². The van der Waals surface area contributed by atoms with Crippen molar-refractivity contribution in [2.45, 2.75) is 37.8 Å². The number of benzene rings is 1. The predicted octanol–water partition coefficient (Wildman–Crippen LogP) is 2.86. The molecular formula is C20H31N3O3S. The first-order chi connectivity index (χ1) is 13.2. The third kappa shape index (κ3) is 5.02. The smallest absolute Gasteiger partial charge is 0.315 e. The lowest BCUT2D eigenvalue weighted by Crippen LogP contribution is -2.57. The molecule has 7 heteroatoms. The summed E-state index contributed by atoms with van der Waals surface area (Å²) in [5.41, 5.74) is 1.13. The SMILES string of the molecule is COc1ccc(CNC(=O)NCC2(N3CCSCC3)CCCC2)cc1OC. The van der Waals surface area contributed by atoms with Gasteiger partial charge in [0, 0.05) is 43.2 Å². The number of carbonyl (C=O) groups excluding carboxylic acids is 1. The average molecular weight is 394 g/mol. The van der Waals surface area contributed by atoms with Gasteiger partial charge in [0.15, 0.2) is 11.5 Å². The van der Waals surface area contributed by atoms with Gasteiger partial charge < -0.3 is 20.1 Å². The monoisotopic (exact) mass is 393 g/mol. The largest absolute Gasteiger partial charge is 0.493 e. The molecule has 150 valence electrons. The number of rotatable bonds is 7. The molecule has 3 rings (SSSR count). The number of hydrogen-bond donors (Lipinski definition) is 2. The number of amides is 2. The normalized spacial score (nSPS) is 19.5. The Morgan fingerprint density at radius 3 is 2.48 bits per heavy atom. The first-order valence-corrected chi connectivity index (χ1v) is 10.9. The van der Waals surface area contributed by atoms with Gasteiger partial charge in [-0.25, -0.2) is 4.79 Å². The molecule has 0 aromatic heterocycles. The quantitative estimate of drug-likeness (QED) is 0.746. The molecule has 2 amide bonds. The molecule has 1 aliphatic carbocycles. The maximum atomic E-state index is 12.4. The van der Waals surface area contributed by atoms with Gasteiger partial charge in [0.05, 0.1) is 14.2 Å². The molecule has 1 saturated heterocycles. The molecule has 6 nitrogen and oxygen atoms in total. The molecule has 1 heterocycles. The van der Waals surface area contributed by atoms with Crippen LogP contribution in [0.25, 0.3) is 0 Å². The lowest BCUT2D eigenvalue weighted by molar-refractivity contribution is 0.104. The van der Waals surface area contributed by atoms with Crippen LogP contribution in [-0.4, -0.2) is 61.8 Å². The summed E-state index contributed by atoms with van der Waals surface area (Å²) in [6.07, 6.45) is 4.90. The van der Waals surface area contributed by atoms with Crippen LogP contribution in [0.3, 0.4) is 0 Å². The van der Waals surface area contributed by atoms with Gasteiger partial charge in [0.25, 0.3) is 0 Å². The summed E-state index contributed by atoms with van der Waals surface area (Å²) in [5.74, 6) is 3.76. The van der Waals surface area contributed by atoms with E-state index in [1.165, 1.54) is 37.2 Å². The van der Waals surface area contributed by atoms with E-state index in [0.29, 0.717) is 18.0 Å². The van der Waals surface area contributed by atoms with Crippen LogP contribution >= 0.6 is 11.8 Å². The maximum Gasteiger partial charge on any atom is 0.315 e. The molecule has 0 atom stereocenters. The molecule has 2 fully saturated rings. The van der Waals surface area contributed by atoms with Crippen molar-refractivity contribution in [1.82, 2.24) is 15.5 Å². The van der Waals surface area contributed by atoms with Crippen molar-refractivity contribution >= 4 is 17.8 Å². The Hall–Kier alpha value is -1.60. The van der Waals surface area contributed by atoms with Crippen molar-refractivity contribution in [1.29, 1.82) is 0 Å². The van der Waals surface area contributed by atoms with Crippen LogP contribution in [0.15, 0.2) is 18.2 Å². The molecule has 1 aliphatic heterocycles. The van der Waals surface area contributed by atoms with Crippen LogP contribution in [0.4, 0.5) is 4.79 Å². The summed E-state index contributed by atoms with van der Waals surface area (Å²) < 4.78 is 10.6. The summed E-state index contributed by atoms with van der Waals surface area (Å²) in [6, 6.07) is 5.58. The highest BCUT2D eigenvalue weighted by Crippen LogP contribution is 2.36. The summed E-state index contributed by atoms with van der Waals surface area (Å²) in [4.78, 5) is 15.0. The molecule has 0 unspecified atom stereocenters. The van der Waals surface area contributed by atoms with Crippen molar-refractivity contribution in [3.63, 3.8) is 0 Å². The zero-order valence-corrected chi connectivity index (χ0v) is 17.2. The molecule has 0 bridgehead atoms. The fourth-order valence-corrected chi connectivity index (χ4v) is 5.06. The molecule has 1 saturated carbocycles. The lowest BCUT2D eigenvalue weighted by atomic mass is 9.94. The van der Waals surface area contributed by atoms with Crippen LogP contribution in [-0.2, 0) is 6.54 Å². The van der Waals surface area contributed by atoms with Crippen LogP contribution in [0.5, 0.6) is 11.5 Å². The summed E-state index contributed by atoms with van der Waals surface area (Å²) >= 11 is 2.03. The minimum Gasteiger partial charge on any atom is -0.493 e. The van der Waals surface area contributed by atoms with E-state index in [1.807, 2.05) is 30.0 Å². The first kappa shape index (κ1) is 20.1. The lowest BCUT2D eigenvalue weighted by Gasteiger charge is -2.43. The number of carbonyl (C=O) groups is 1. The second-order valence-corrected chi connectivity index (χ2v) is 8.48. The highest BCUT2D eigenvalue weighted by atomic mass is 32.2. The van der Waals surface area contributed by atoms with Gasteiger partial charge in [-0.05, 0) is 30.5 Å². The van der Waals surface area contributed by atoms with E-state index in [4.69, 9.17) is 9.47 Å². The second kappa shape index (κ2) is 9.55. The first-order valence-electron chi connectivity index (χ1n) is 9.72. The zero-order valence-electron chi connectivity index (χ0n) is 16.4. The van der Waals surface area contributed by atoms with Gasteiger partial charge in [-0.1, -0.05) is 18.9 Å². The van der Waals surface area contributed by atoms with Crippen LogP contribution in [0, 0.1) is 0 Å². The maximum absolute atomic E-state index is 12.4. The number of nitrogens with zero attached hydrogens (tertiary/aromatic N) is 1. The molecule has 2 N–H and O–H groups in total. The highest BCUT2D eigenvalue weighted by Gasteiger charge is 2.40. The zero-order chi connectivity index (χ0) is 19.1. The number of urea groups is 1. The Labute approximate surface area is 166 Å². The van der Waals surface area contributed by atoms with Gasteiger partial charge >= 0.3 is 6.03 Å². The van der Waals surface area contributed by atoms with Crippen LogP contribution in [0.1, 0.15) is 31.2 Å². The minimum absolute atomic E-state index is 0.109. The number of nitrogens with one attached hydrogen (secondary N) is 2. The van der Waals surface area contributed by atoms with Crippen LogP contribution < -0.4 is 20.1 Å². The van der Waals surface area contributed by atoms with Crippen LogP contribution in [0.2, 0.25) is 0 Å².